The first-order valence-electron chi connectivity index (χ1n) is 6.82. The molecule has 0 amide bonds. The Morgan fingerprint density at radius 3 is 3.06 bits per heavy atom. The lowest BCUT2D eigenvalue weighted by atomic mass is 9.91. The fourth-order valence-electron chi connectivity index (χ4n) is 2.69. The zero-order valence-corrected chi connectivity index (χ0v) is 11.3. The third-order valence-electron chi connectivity index (χ3n) is 3.65. The van der Waals surface area contributed by atoms with Crippen LogP contribution in [0.3, 0.4) is 0 Å². The van der Waals surface area contributed by atoms with Gasteiger partial charge < -0.3 is 15.4 Å². The molecule has 4 heteroatoms. The maximum atomic E-state index is 5.92. The summed E-state index contributed by atoms with van der Waals surface area (Å²) in [7, 11) is 0. The van der Waals surface area contributed by atoms with Gasteiger partial charge in [0, 0.05) is 25.2 Å². The largest absolute Gasteiger partial charge is 0.478 e. The zero-order valence-electron chi connectivity index (χ0n) is 11.3. The van der Waals surface area contributed by atoms with Gasteiger partial charge in [-0.25, -0.2) is 0 Å². The minimum Gasteiger partial charge on any atom is -0.478 e. The van der Waals surface area contributed by atoms with Crippen molar-refractivity contribution in [1.29, 1.82) is 0 Å². The molecule has 4 nitrogen and oxygen atoms in total. The van der Waals surface area contributed by atoms with E-state index in [-0.39, 0.29) is 0 Å². The van der Waals surface area contributed by atoms with E-state index >= 15 is 0 Å². The minimum atomic E-state index is 0.392. The lowest BCUT2D eigenvalue weighted by Gasteiger charge is -2.40. The van der Waals surface area contributed by atoms with Gasteiger partial charge in [0.05, 0.1) is 6.61 Å². The quantitative estimate of drug-likeness (QED) is 0.887. The number of nitrogens with zero attached hydrogens (tertiary/aromatic N) is 2. The van der Waals surface area contributed by atoms with Gasteiger partial charge in [0.1, 0.15) is 5.82 Å². The molecule has 0 aromatic carbocycles. The van der Waals surface area contributed by atoms with Crippen LogP contribution in [0.2, 0.25) is 0 Å². The first-order chi connectivity index (χ1) is 8.76. The summed E-state index contributed by atoms with van der Waals surface area (Å²) in [6.45, 7) is 6.61. The van der Waals surface area contributed by atoms with E-state index in [2.05, 4.69) is 16.8 Å². The standard InChI is InChI=1S/C14H23N3O/c1-3-18-14-8-4-7-13(16-14)17-9-5-6-11(2)12(17)10-15/h4,7-8,11-12H,3,5-6,9-10,15H2,1-2H3. The Bertz CT molecular complexity index is 383. The van der Waals surface area contributed by atoms with Gasteiger partial charge in [-0.05, 0) is 31.7 Å². The number of pyridine rings is 1. The lowest BCUT2D eigenvalue weighted by Crippen LogP contribution is -2.49. The maximum Gasteiger partial charge on any atom is 0.215 e. The van der Waals surface area contributed by atoms with E-state index in [0.29, 0.717) is 31.0 Å². The number of piperidine rings is 1. The van der Waals surface area contributed by atoms with Gasteiger partial charge in [0.15, 0.2) is 0 Å². The average molecular weight is 249 g/mol. The molecule has 1 saturated heterocycles. The maximum absolute atomic E-state index is 5.92. The summed E-state index contributed by atoms with van der Waals surface area (Å²) in [4.78, 5) is 6.90. The second kappa shape index (κ2) is 6.05. The summed E-state index contributed by atoms with van der Waals surface area (Å²) in [6.07, 6.45) is 2.46. The van der Waals surface area contributed by atoms with Gasteiger partial charge in [-0.3, -0.25) is 0 Å². The third kappa shape index (κ3) is 2.75. The van der Waals surface area contributed by atoms with Crippen molar-refractivity contribution in [3.05, 3.63) is 18.2 Å². The van der Waals surface area contributed by atoms with Gasteiger partial charge in [-0.2, -0.15) is 4.98 Å². The molecule has 2 heterocycles. The molecule has 0 aliphatic carbocycles. The number of nitrogens with two attached hydrogens (primary N) is 1. The molecule has 0 saturated carbocycles. The molecular formula is C14H23N3O. The van der Waals surface area contributed by atoms with Gasteiger partial charge in [-0.15, -0.1) is 0 Å². The van der Waals surface area contributed by atoms with Crippen LogP contribution in [-0.4, -0.2) is 30.7 Å². The summed E-state index contributed by atoms with van der Waals surface area (Å²) >= 11 is 0. The monoisotopic (exact) mass is 249 g/mol. The Balaban J connectivity index is 2.20. The summed E-state index contributed by atoms with van der Waals surface area (Å²) in [6, 6.07) is 6.34. The SMILES string of the molecule is CCOc1cccc(N2CCCC(C)C2CN)n1. The predicted molar refractivity (Wildman–Crippen MR) is 74.0 cm³/mol. The summed E-state index contributed by atoms with van der Waals surface area (Å²) in [5.74, 6) is 2.31. The summed E-state index contributed by atoms with van der Waals surface area (Å²) < 4.78 is 5.46. The Labute approximate surface area is 109 Å². The van der Waals surface area contributed by atoms with Gasteiger partial charge in [0.2, 0.25) is 5.88 Å². The highest BCUT2D eigenvalue weighted by atomic mass is 16.5. The van der Waals surface area contributed by atoms with Crippen LogP contribution in [0, 0.1) is 5.92 Å². The Hall–Kier alpha value is -1.29. The van der Waals surface area contributed by atoms with Crippen molar-refractivity contribution in [3.8, 4) is 5.88 Å². The Morgan fingerprint density at radius 1 is 1.50 bits per heavy atom. The molecule has 2 N–H and O–H groups in total. The van der Waals surface area contributed by atoms with Crippen LogP contribution >= 0.6 is 0 Å². The van der Waals surface area contributed by atoms with Crippen LogP contribution in [0.15, 0.2) is 18.2 Å². The van der Waals surface area contributed by atoms with Gasteiger partial charge in [-0.1, -0.05) is 13.0 Å². The first-order valence-corrected chi connectivity index (χ1v) is 6.82. The fraction of sp³-hybridized carbons (Fsp3) is 0.643. The average Bonchev–Trinajstić information content (AvgIpc) is 2.39. The van der Waals surface area contributed by atoms with Crippen molar-refractivity contribution < 1.29 is 4.74 Å². The Morgan fingerprint density at radius 2 is 2.33 bits per heavy atom. The van der Waals surface area contributed by atoms with Crippen LogP contribution in [0.25, 0.3) is 0 Å². The molecule has 1 fully saturated rings. The molecule has 2 rings (SSSR count). The smallest absolute Gasteiger partial charge is 0.215 e. The minimum absolute atomic E-state index is 0.392. The number of hydrogen-bond acceptors (Lipinski definition) is 4. The van der Waals surface area contributed by atoms with Crippen LogP contribution in [0.1, 0.15) is 26.7 Å². The molecule has 1 aromatic heterocycles. The topological polar surface area (TPSA) is 51.4 Å². The molecule has 1 aliphatic rings. The summed E-state index contributed by atoms with van der Waals surface area (Å²) in [5.41, 5.74) is 5.92. The first kappa shape index (κ1) is 13.1. The third-order valence-corrected chi connectivity index (χ3v) is 3.65. The van der Waals surface area contributed by atoms with E-state index in [1.54, 1.807) is 0 Å². The van der Waals surface area contributed by atoms with Crippen molar-refractivity contribution in [2.24, 2.45) is 11.7 Å². The van der Waals surface area contributed by atoms with Gasteiger partial charge in [0.25, 0.3) is 0 Å². The molecule has 1 aliphatic heterocycles. The lowest BCUT2D eigenvalue weighted by molar-refractivity contribution is 0.322. The second-order valence-corrected chi connectivity index (χ2v) is 4.88. The number of aromatic nitrogens is 1. The molecule has 2 atom stereocenters. The molecule has 100 valence electrons. The number of rotatable bonds is 4. The van der Waals surface area contributed by atoms with E-state index in [0.717, 1.165) is 12.4 Å². The normalized spacial score (nSPS) is 24.1. The van der Waals surface area contributed by atoms with Crippen LogP contribution < -0.4 is 15.4 Å². The molecule has 1 aromatic rings. The molecule has 2 unspecified atom stereocenters. The van der Waals surface area contributed by atoms with Crippen molar-refractivity contribution >= 4 is 5.82 Å². The van der Waals surface area contributed by atoms with Gasteiger partial charge >= 0.3 is 0 Å². The van der Waals surface area contributed by atoms with Crippen molar-refractivity contribution in [2.75, 3.05) is 24.6 Å². The van der Waals surface area contributed by atoms with Crippen molar-refractivity contribution in [2.45, 2.75) is 32.7 Å². The van der Waals surface area contributed by atoms with E-state index in [9.17, 15) is 0 Å². The van der Waals surface area contributed by atoms with E-state index in [1.807, 2.05) is 25.1 Å². The predicted octanol–water partition coefficient (Wildman–Crippen LogP) is 2.04. The zero-order chi connectivity index (χ0) is 13.0. The number of anilines is 1. The van der Waals surface area contributed by atoms with E-state index in [4.69, 9.17) is 10.5 Å². The molecule has 0 radical (unpaired) electrons. The molecule has 0 spiro atoms. The molecule has 0 bridgehead atoms. The van der Waals surface area contributed by atoms with Crippen molar-refractivity contribution in [3.63, 3.8) is 0 Å². The second-order valence-electron chi connectivity index (χ2n) is 4.88. The van der Waals surface area contributed by atoms with Crippen LogP contribution in [0.4, 0.5) is 5.82 Å². The fourth-order valence-corrected chi connectivity index (χ4v) is 2.69. The Kier molecular flexibility index (Phi) is 4.42. The van der Waals surface area contributed by atoms with E-state index in [1.165, 1.54) is 12.8 Å². The van der Waals surface area contributed by atoms with Crippen molar-refractivity contribution in [1.82, 2.24) is 4.98 Å². The number of hydrogen-bond donors (Lipinski definition) is 1. The summed E-state index contributed by atoms with van der Waals surface area (Å²) in [5, 5.41) is 0. The van der Waals surface area contributed by atoms with Crippen LogP contribution in [-0.2, 0) is 0 Å². The highest BCUT2D eigenvalue weighted by molar-refractivity contribution is 5.42. The van der Waals surface area contributed by atoms with Crippen LogP contribution in [0.5, 0.6) is 5.88 Å². The molecule has 18 heavy (non-hydrogen) atoms. The highest BCUT2D eigenvalue weighted by Crippen LogP contribution is 2.27. The number of ether oxygens (including phenoxy) is 1. The molecular weight excluding hydrogens is 226 g/mol. The van der Waals surface area contributed by atoms with E-state index < -0.39 is 0 Å². The highest BCUT2D eigenvalue weighted by Gasteiger charge is 2.28.